The summed E-state index contributed by atoms with van der Waals surface area (Å²) in [7, 11) is 0. The summed E-state index contributed by atoms with van der Waals surface area (Å²) in [6.07, 6.45) is 0. The quantitative estimate of drug-likeness (QED) is 0.161. The maximum absolute atomic E-state index is 13.9. The van der Waals surface area contributed by atoms with Gasteiger partial charge in [-0.2, -0.15) is 0 Å². The Morgan fingerprint density at radius 3 is 1.28 bits per heavy atom. The van der Waals surface area contributed by atoms with E-state index in [-0.39, 0.29) is 66.7 Å². The van der Waals surface area contributed by atoms with Crippen LogP contribution in [-0.4, -0.2) is 18.7 Å². The van der Waals surface area contributed by atoms with E-state index in [0.29, 0.717) is 22.6 Å². The Bertz CT molecular complexity index is 1910. The van der Waals surface area contributed by atoms with Gasteiger partial charge in [-0.25, -0.2) is 9.59 Å². The first kappa shape index (κ1) is 37.0. The zero-order valence-corrected chi connectivity index (χ0v) is 31.2. The number of esters is 2. The Hall–Kier alpha value is -5.76. The van der Waals surface area contributed by atoms with Crippen molar-refractivity contribution in [2.24, 2.45) is 0 Å². The van der Waals surface area contributed by atoms with E-state index in [0.717, 1.165) is 22.3 Å². The molecule has 6 rings (SSSR count). The third kappa shape index (κ3) is 9.19. The Morgan fingerprint density at radius 2 is 0.906 bits per heavy atom. The van der Waals surface area contributed by atoms with E-state index >= 15 is 0 Å². The van der Waals surface area contributed by atoms with Crippen LogP contribution < -0.4 is 18.9 Å². The van der Waals surface area contributed by atoms with Gasteiger partial charge in [0.2, 0.25) is 6.79 Å². The number of fused-ring (bicyclic) bond motifs is 3. The molecule has 1 heterocycles. The summed E-state index contributed by atoms with van der Waals surface area (Å²) in [6, 6.07) is 33.9. The van der Waals surface area contributed by atoms with Crippen LogP contribution in [-0.2, 0) is 46.7 Å². The molecule has 0 aromatic heterocycles. The molecule has 1 aliphatic rings. The molecule has 0 amide bonds. The molecule has 1 aliphatic heterocycles. The van der Waals surface area contributed by atoms with Gasteiger partial charge >= 0.3 is 11.9 Å². The van der Waals surface area contributed by atoms with Crippen LogP contribution in [0, 0.1) is 0 Å². The van der Waals surface area contributed by atoms with Gasteiger partial charge in [0.25, 0.3) is 0 Å². The molecule has 53 heavy (non-hydrogen) atoms. The van der Waals surface area contributed by atoms with Gasteiger partial charge in [0, 0.05) is 11.1 Å². The van der Waals surface area contributed by atoms with Crippen LogP contribution in [0.25, 0.3) is 0 Å². The van der Waals surface area contributed by atoms with E-state index in [1.165, 1.54) is 0 Å². The Labute approximate surface area is 311 Å². The standard InChI is InChI=1S/C45H46O8/c1-44(2,3)34-21-32-27-48-38-19-13-14-20-39(38)49-28-33-22-35(45(4,5)6)24-37(43(47)51-26-31-17-11-8-12-18-31)41(33)53-29-52-40(32)36(23-34)42(46)50-25-30-15-9-7-10-16-30/h7-24H,25-29H2,1-6H3. The number of hydrogen-bond donors (Lipinski definition) is 0. The lowest BCUT2D eigenvalue weighted by molar-refractivity contribution is 0.0458. The highest BCUT2D eigenvalue weighted by Crippen LogP contribution is 2.38. The van der Waals surface area contributed by atoms with Gasteiger partial charge < -0.3 is 28.4 Å². The summed E-state index contributed by atoms with van der Waals surface area (Å²) in [5, 5.41) is 0. The highest BCUT2D eigenvalue weighted by atomic mass is 16.7. The number of hydrogen-bond acceptors (Lipinski definition) is 8. The van der Waals surface area contributed by atoms with Gasteiger partial charge in [0.05, 0.1) is 0 Å². The fraction of sp³-hybridized carbons (Fsp3) is 0.289. The maximum Gasteiger partial charge on any atom is 0.342 e. The molecular weight excluding hydrogens is 668 g/mol. The SMILES string of the molecule is CC(C)(C)c1cc2c(c(C(=O)OCc3ccccc3)c1)OCOc1c(cc(C(C)(C)C)cc1C(=O)OCc1ccccc1)COc1ccccc1OC2. The van der Waals surface area contributed by atoms with Gasteiger partial charge in [0.15, 0.2) is 11.5 Å². The van der Waals surface area contributed by atoms with Crippen LogP contribution in [0.5, 0.6) is 23.0 Å². The largest absolute Gasteiger partial charge is 0.485 e. The van der Waals surface area contributed by atoms with E-state index in [1.54, 1.807) is 12.1 Å². The molecule has 0 spiro atoms. The molecule has 0 N–H and O–H groups in total. The number of carbonyl (C=O) groups excluding carboxylic acids is 2. The van der Waals surface area contributed by atoms with Crippen LogP contribution in [0.15, 0.2) is 109 Å². The van der Waals surface area contributed by atoms with Gasteiger partial charge in [0.1, 0.15) is 49.1 Å². The average molecular weight is 715 g/mol. The van der Waals surface area contributed by atoms with Crippen molar-refractivity contribution in [2.75, 3.05) is 6.79 Å². The minimum Gasteiger partial charge on any atom is -0.485 e. The van der Waals surface area contributed by atoms with Crippen molar-refractivity contribution in [3.63, 3.8) is 0 Å². The molecule has 0 saturated heterocycles. The van der Waals surface area contributed by atoms with Crippen LogP contribution >= 0.6 is 0 Å². The van der Waals surface area contributed by atoms with Crippen molar-refractivity contribution < 1.29 is 38.0 Å². The molecule has 0 atom stereocenters. The van der Waals surface area contributed by atoms with E-state index in [9.17, 15) is 9.59 Å². The molecule has 8 heteroatoms. The first-order valence-corrected chi connectivity index (χ1v) is 17.7. The maximum atomic E-state index is 13.9. The Morgan fingerprint density at radius 1 is 0.528 bits per heavy atom. The summed E-state index contributed by atoms with van der Waals surface area (Å²) in [6.45, 7) is 12.4. The fourth-order valence-corrected chi connectivity index (χ4v) is 5.85. The van der Waals surface area contributed by atoms with Crippen molar-refractivity contribution in [1.29, 1.82) is 0 Å². The zero-order valence-electron chi connectivity index (χ0n) is 31.2. The molecule has 5 aromatic carbocycles. The van der Waals surface area contributed by atoms with Gasteiger partial charge in [-0.3, -0.25) is 0 Å². The predicted octanol–water partition coefficient (Wildman–Crippen LogP) is 9.88. The van der Waals surface area contributed by atoms with Crippen molar-refractivity contribution in [3.05, 3.63) is 154 Å². The molecule has 5 aromatic rings. The van der Waals surface area contributed by atoms with Crippen LogP contribution in [0.3, 0.4) is 0 Å². The minimum absolute atomic E-state index is 0.0662. The molecule has 0 radical (unpaired) electrons. The smallest absolute Gasteiger partial charge is 0.342 e. The first-order chi connectivity index (χ1) is 25.4. The lowest BCUT2D eigenvalue weighted by Gasteiger charge is -2.25. The molecule has 274 valence electrons. The monoisotopic (exact) mass is 714 g/mol. The lowest BCUT2D eigenvalue weighted by Crippen LogP contribution is -2.20. The third-order valence-electron chi connectivity index (χ3n) is 8.95. The summed E-state index contributed by atoms with van der Waals surface area (Å²) in [5.41, 5.74) is 4.58. The molecule has 0 unspecified atom stereocenters. The number of para-hydroxylation sites is 2. The number of benzene rings is 5. The topological polar surface area (TPSA) is 89.5 Å². The number of carbonyl (C=O) groups is 2. The molecule has 0 aliphatic carbocycles. The van der Waals surface area contributed by atoms with Crippen LogP contribution in [0.1, 0.15) is 95.6 Å². The van der Waals surface area contributed by atoms with Gasteiger partial charge in [-0.05, 0) is 69.5 Å². The highest BCUT2D eigenvalue weighted by molar-refractivity contribution is 5.94. The van der Waals surface area contributed by atoms with Crippen molar-refractivity contribution in [3.8, 4) is 23.0 Å². The van der Waals surface area contributed by atoms with Crippen molar-refractivity contribution >= 4 is 11.9 Å². The van der Waals surface area contributed by atoms with Gasteiger partial charge in [-0.1, -0.05) is 114 Å². The second kappa shape index (κ2) is 15.9. The fourth-order valence-electron chi connectivity index (χ4n) is 5.85. The third-order valence-corrected chi connectivity index (χ3v) is 8.95. The van der Waals surface area contributed by atoms with Crippen LogP contribution in [0.2, 0.25) is 0 Å². The predicted molar refractivity (Wildman–Crippen MR) is 203 cm³/mol. The molecule has 0 fully saturated rings. The molecular formula is C45H46O8. The molecule has 0 saturated carbocycles. The van der Waals surface area contributed by atoms with E-state index in [4.69, 9.17) is 28.4 Å². The second-order valence-electron chi connectivity index (χ2n) is 15.1. The second-order valence-corrected chi connectivity index (χ2v) is 15.1. The molecule has 0 bridgehead atoms. The van der Waals surface area contributed by atoms with E-state index < -0.39 is 11.9 Å². The molecule has 8 nitrogen and oxygen atoms in total. The van der Waals surface area contributed by atoms with Crippen LogP contribution in [0.4, 0.5) is 0 Å². The normalized spacial score (nSPS) is 13.0. The van der Waals surface area contributed by atoms with Gasteiger partial charge in [-0.15, -0.1) is 0 Å². The van der Waals surface area contributed by atoms with Crippen molar-refractivity contribution in [2.45, 2.75) is 78.8 Å². The Kier molecular flexibility index (Phi) is 11.1. The first-order valence-electron chi connectivity index (χ1n) is 17.7. The van der Waals surface area contributed by atoms with E-state index in [1.807, 2.05) is 97.1 Å². The Balaban J connectivity index is 1.43. The average Bonchev–Trinajstić information content (AvgIpc) is 3.15. The zero-order chi connectivity index (χ0) is 37.6. The summed E-state index contributed by atoms with van der Waals surface area (Å²) in [5.74, 6) is 0.423. The highest BCUT2D eigenvalue weighted by Gasteiger charge is 2.28. The number of ether oxygens (including phenoxy) is 6. The summed E-state index contributed by atoms with van der Waals surface area (Å²) >= 11 is 0. The summed E-state index contributed by atoms with van der Waals surface area (Å²) < 4.78 is 37.2. The number of rotatable bonds is 6. The lowest BCUT2D eigenvalue weighted by atomic mass is 9.84. The minimum atomic E-state index is -0.551. The van der Waals surface area contributed by atoms with Crippen molar-refractivity contribution in [1.82, 2.24) is 0 Å². The van der Waals surface area contributed by atoms with E-state index in [2.05, 4.69) is 41.5 Å². The summed E-state index contributed by atoms with van der Waals surface area (Å²) in [4.78, 5) is 27.8.